The molecule has 1 rings (SSSR count). The fourth-order valence-electron chi connectivity index (χ4n) is 1.38. The van der Waals surface area contributed by atoms with Crippen molar-refractivity contribution in [2.75, 3.05) is 0 Å². The van der Waals surface area contributed by atoms with E-state index in [0.29, 0.717) is 0 Å². The Labute approximate surface area is 61.5 Å². The van der Waals surface area contributed by atoms with Gasteiger partial charge in [-0.15, -0.1) is 0 Å². The molecule has 0 aromatic rings. The molecule has 58 valence electrons. The zero-order valence-electron chi connectivity index (χ0n) is 6.18. The van der Waals surface area contributed by atoms with Crippen LogP contribution in [0.5, 0.6) is 0 Å². The first-order valence-electron chi connectivity index (χ1n) is 3.83. The zero-order valence-corrected chi connectivity index (χ0v) is 6.18. The van der Waals surface area contributed by atoms with Gasteiger partial charge in [0.15, 0.2) is 0 Å². The Hall–Kier alpha value is -0.660. The molecule has 0 heterocycles. The third-order valence-electron chi connectivity index (χ3n) is 1.85. The van der Waals surface area contributed by atoms with E-state index in [-0.39, 0.29) is 12.0 Å². The largest absolute Gasteiger partial charge is 0.481 e. The molecule has 1 N–H and O–H groups in total. The standard InChI is InChI=1S/C8H14O2/c1-7(9)10-8-5-3-2-4-6-8/h8-9H,1-6H2. The zero-order chi connectivity index (χ0) is 7.40. The lowest BCUT2D eigenvalue weighted by atomic mass is 9.98. The summed E-state index contributed by atoms with van der Waals surface area (Å²) in [5, 5.41) is 8.69. The van der Waals surface area contributed by atoms with Gasteiger partial charge in [-0.05, 0) is 32.3 Å². The Morgan fingerprint density at radius 2 is 1.90 bits per heavy atom. The maximum Gasteiger partial charge on any atom is 0.269 e. The molecular weight excluding hydrogens is 128 g/mol. The van der Waals surface area contributed by atoms with Crippen LogP contribution in [-0.4, -0.2) is 11.2 Å². The van der Waals surface area contributed by atoms with Crippen molar-refractivity contribution >= 4 is 0 Å². The van der Waals surface area contributed by atoms with Crippen molar-refractivity contribution in [3.05, 3.63) is 12.5 Å². The van der Waals surface area contributed by atoms with Crippen LogP contribution in [-0.2, 0) is 4.74 Å². The molecule has 1 saturated carbocycles. The molecule has 0 saturated heterocycles. The minimum Gasteiger partial charge on any atom is -0.481 e. The molecule has 0 atom stereocenters. The van der Waals surface area contributed by atoms with E-state index >= 15 is 0 Å². The number of rotatable bonds is 2. The molecule has 2 nitrogen and oxygen atoms in total. The van der Waals surface area contributed by atoms with Crippen LogP contribution in [0.3, 0.4) is 0 Å². The quantitative estimate of drug-likeness (QED) is 0.600. The summed E-state index contributed by atoms with van der Waals surface area (Å²) in [6, 6.07) is 0. The van der Waals surface area contributed by atoms with E-state index < -0.39 is 0 Å². The first-order valence-corrected chi connectivity index (χ1v) is 3.83. The summed E-state index contributed by atoms with van der Waals surface area (Å²) in [6.07, 6.45) is 6.11. The lowest BCUT2D eigenvalue weighted by Crippen LogP contribution is -2.15. The van der Waals surface area contributed by atoms with Crippen LogP contribution in [0.2, 0.25) is 0 Å². The molecule has 10 heavy (non-hydrogen) atoms. The molecule has 2 heteroatoms. The summed E-state index contributed by atoms with van der Waals surface area (Å²) in [5.74, 6) is -0.132. The Morgan fingerprint density at radius 3 is 2.40 bits per heavy atom. The summed E-state index contributed by atoms with van der Waals surface area (Å²) in [7, 11) is 0. The molecule has 0 radical (unpaired) electrons. The van der Waals surface area contributed by atoms with Gasteiger partial charge >= 0.3 is 0 Å². The predicted octanol–water partition coefficient (Wildman–Crippen LogP) is 2.36. The van der Waals surface area contributed by atoms with Gasteiger partial charge in [-0.25, -0.2) is 0 Å². The van der Waals surface area contributed by atoms with E-state index in [1.807, 2.05) is 0 Å². The third-order valence-corrected chi connectivity index (χ3v) is 1.85. The molecule has 0 unspecified atom stereocenters. The van der Waals surface area contributed by atoms with Crippen molar-refractivity contribution in [3.63, 3.8) is 0 Å². The van der Waals surface area contributed by atoms with Crippen LogP contribution >= 0.6 is 0 Å². The Kier molecular flexibility index (Phi) is 2.60. The molecule has 0 bridgehead atoms. The minimum absolute atomic E-state index is 0.132. The molecule has 0 aromatic carbocycles. The number of aliphatic hydroxyl groups excluding tert-OH is 1. The van der Waals surface area contributed by atoms with Crippen LogP contribution in [0.25, 0.3) is 0 Å². The van der Waals surface area contributed by atoms with Gasteiger partial charge in [-0.3, -0.25) is 0 Å². The van der Waals surface area contributed by atoms with Crippen LogP contribution in [0.15, 0.2) is 12.5 Å². The van der Waals surface area contributed by atoms with Crippen molar-refractivity contribution in [2.24, 2.45) is 0 Å². The summed E-state index contributed by atoms with van der Waals surface area (Å²) in [5.41, 5.74) is 0. The van der Waals surface area contributed by atoms with Crippen LogP contribution < -0.4 is 0 Å². The van der Waals surface area contributed by atoms with Gasteiger partial charge in [0.25, 0.3) is 5.95 Å². The second kappa shape index (κ2) is 3.49. The average Bonchev–Trinajstić information content (AvgIpc) is 1.88. The molecule has 0 aromatic heterocycles. The van der Waals surface area contributed by atoms with Crippen molar-refractivity contribution in [2.45, 2.75) is 38.2 Å². The normalized spacial score (nSPS) is 20.4. The van der Waals surface area contributed by atoms with Gasteiger partial charge in [0.2, 0.25) is 0 Å². The topological polar surface area (TPSA) is 29.5 Å². The van der Waals surface area contributed by atoms with Gasteiger partial charge in [-0.1, -0.05) is 6.42 Å². The fourth-order valence-corrected chi connectivity index (χ4v) is 1.38. The van der Waals surface area contributed by atoms with E-state index in [1.165, 1.54) is 19.3 Å². The predicted molar refractivity (Wildman–Crippen MR) is 39.7 cm³/mol. The second-order valence-corrected chi connectivity index (χ2v) is 2.77. The minimum atomic E-state index is -0.132. The summed E-state index contributed by atoms with van der Waals surface area (Å²) in [4.78, 5) is 0. The SMILES string of the molecule is C=C(O)OC1CCCCC1. The number of hydrogen-bond acceptors (Lipinski definition) is 2. The van der Waals surface area contributed by atoms with E-state index in [0.717, 1.165) is 12.8 Å². The van der Waals surface area contributed by atoms with Crippen molar-refractivity contribution in [1.82, 2.24) is 0 Å². The van der Waals surface area contributed by atoms with E-state index in [2.05, 4.69) is 6.58 Å². The number of ether oxygens (including phenoxy) is 1. The van der Waals surface area contributed by atoms with Crippen LogP contribution in [0, 0.1) is 0 Å². The lowest BCUT2D eigenvalue weighted by Gasteiger charge is -2.21. The highest BCUT2D eigenvalue weighted by Gasteiger charge is 2.14. The van der Waals surface area contributed by atoms with Crippen molar-refractivity contribution < 1.29 is 9.84 Å². The highest BCUT2D eigenvalue weighted by atomic mass is 16.6. The summed E-state index contributed by atoms with van der Waals surface area (Å²) >= 11 is 0. The molecule has 1 aliphatic rings. The highest BCUT2D eigenvalue weighted by molar-refractivity contribution is 4.72. The highest BCUT2D eigenvalue weighted by Crippen LogP contribution is 2.21. The Morgan fingerprint density at radius 1 is 1.30 bits per heavy atom. The van der Waals surface area contributed by atoms with E-state index in [1.54, 1.807) is 0 Å². The van der Waals surface area contributed by atoms with E-state index in [9.17, 15) is 0 Å². The maximum absolute atomic E-state index is 8.69. The van der Waals surface area contributed by atoms with Crippen molar-refractivity contribution in [1.29, 1.82) is 0 Å². The summed E-state index contributed by atoms with van der Waals surface area (Å²) in [6.45, 7) is 3.28. The molecule has 1 fully saturated rings. The number of hydrogen-bond donors (Lipinski definition) is 1. The average molecular weight is 142 g/mol. The monoisotopic (exact) mass is 142 g/mol. The Bertz CT molecular complexity index is 114. The van der Waals surface area contributed by atoms with Crippen LogP contribution in [0.1, 0.15) is 32.1 Å². The van der Waals surface area contributed by atoms with Gasteiger partial charge < -0.3 is 9.84 Å². The molecule has 0 amide bonds. The molecule has 1 aliphatic carbocycles. The van der Waals surface area contributed by atoms with Gasteiger partial charge in [0, 0.05) is 0 Å². The molecule has 0 spiro atoms. The van der Waals surface area contributed by atoms with Gasteiger partial charge in [0.1, 0.15) is 6.10 Å². The molecule has 0 aliphatic heterocycles. The molecular formula is C8H14O2. The smallest absolute Gasteiger partial charge is 0.269 e. The lowest BCUT2D eigenvalue weighted by molar-refractivity contribution is 0.0143. The Balaban J connectivity index is 2.19. The second-order valence-electron chi connectivity index (χ2n) is 2.77. The number of aliphatic hydroxyl groups is 1. The summed E-state index contributed by atoms with van der Waals surface area (Å²) < 4.78 is 5.05. The first-order chi connectivity index (χ1) is 4.79. The van der Waals surface area contributed by atoms with Crippen LogP contribution in [0.4, 0.5) is 0 Å². The van der Waals surface area contributed by atoms with Crippen molar-refractivity contribution in [3.8, 4) is 0 Å². The van der Waals surface area contributed by atoms with Gasteiger partial charge in [0.05, 0.1) is 0 Å². The third kappa shape index (κ3) is 2.29. The first kappa shape index (κ1) is 7.45. The maximum atomic E-state index is 8.69. The van der Waals surface area contributed by atoms with Gasteiger partial charge in [-0.2, -0.15) is 0 Å². The fraction of sp³-hybridized carbons (Fsp3) is 0.750. The van der Waals surface area contributed by atoms with E-state index in [4.69, 9.17) is 9.84 Å².